The van der Waals surface area contributed by atoms with Gasteiger partial charge in [-0.15, -0.1) is 11.6 Å². The molecule has 0 amide bonds. The number of nitrogens with zero attached hydrogens (tertiary/aromatic N) is 1. The van der Waals surface area contributed by atoms with Gasteiger partial charge in [-0.3, -0.25) is 4.90 Å². The molecular weight excluding hydrogens is 189 g/mol. The van der Waals surface area contributed by atoms with E-state index in [1.165, 1.54) is 6.07 Å². The number of likely N-dealkylation sites (N-methyl/N-ethyl adjacent to an activating group) is 1. The number of halogens is 2. The van der Waals surface area contributed by atoms with Crippen LogP contribution in [0.5, 0.6) is 0 Å². The topological polar surface area (TPSA) is 3.24 Å². The van der Waals surface area contributed by atoms with Gasteiger partial charge in [0.1, 0.15) is 5.82 Å². The van der Waals surface area contributed by atoms with Gasteiger partial charge in [-0.2, -0.15) is 0 Å². The van der Waals surface area contributed by atoms with Crippen LogP contribution in [0.2, 0.25) is 0 Å². The summed E-state index contributed by atoms with van der Waals surface area (Å²) >= 11 is 5.59. The van der Waals surface area contributed by atoms with E-state index < -0.39 is 0 Å². The molecule has 3 heteroatoms. The molecule has 0 heterocycles. The molecule has 1 aromatic rings. The highest BCUT2D eigenvalue weighted by atomic mass is 35.5. The summed E-state index contributed by atoms with van der Waals surface area (Å²) in [6, 6.07) is 7.31. The van der Waals surface area contributed by atoms with Crippen molar-refractivity contribution in [2.75, 3.05) is 19.6 Å². The van der Waals surface area contributed by atoms with Gasteiger partial charge < -0.3 is 0 Å². The van der Waals surface area contributed by atoms with Crippen LogP contribution in [0.4, 0.5) is 4.39 Å². The minimum atomic E-state index is -0.134. The molecule has 13 heavy (non-hydrogen) atoms. The first-order chi connectivity index (χ1) is 6.24. The summed E-state index contributed by atoms with van der Waals surface area (Å²) in [5, 5.41) is 0. The molecule has 0 N–H and O–H groups in total. The molecule has 0 spiro atoms. The first-order valence-electron chi connectivity index (χ1n) is 4.22. The molecule has 0 aliphatic rings. The van der Waals surface area contributed by atoms with Crippen LogP contribution < -0.4 is 0 Å². The summed E-state index contributed by atoms with van der Waals surface area (Å²) < 4.78 is 13.1. The van der Waals surface area contributed by atoms with Gasteiger partial charge in [0, 0.05) is 6.54 Å². The van der Waals surface area contributed by atoms with Crippen molar-refractivity contribution in [2.45, 2.75) is 6.42 Å². The summed E-state index contributed by atoms with van der Waals surface area (Å²) in [6.07, 6.45) is 0.704. The molecule has 0 saturated carbocycles. The first-order valence-corrected chi connectivity index (χ1v) is 4.75. The van der Waals surface area contributed by atoms with Gasteiger partial charge in [-0.05, 0) is 25.1 Å². The quantitative estimate of drug-likeness (QED) is 0.535. The van der Waals surface area contributed by atoms with Crippen LogP contribution in [0.25, 0.3) is 0 Å². The third-order valence-corrected chi connectivity index (χ3v) is 2.33. The van der Waals surface area contributed by atoms with E-state index in [0.29, 0.717) is 12.4 Å². The van der Waals surface area contributed by atoms with E-state index >= 15 is 0 Å². The normalized spacial score (nSPS) is 10.8. The summed E-state index contributed by atoms with van der Waals surface area (Å²) in [7, 11) is 1.91. The average Bonchev–Trinajstić information content (AvgIpc) is 2.16. The van der Waals surface area contributed by atoms with Crippen LogP contribution in [0, 0.1) is 5.82 Å². The summed E-state index contributed by atoms with van der Waals surface area (Å²) in [6.45, 7) is 0.782. The van der Waals surface area contributed by atoms with Gasteiger partial charge in [0.2, 0.25) is 0 Å². The van der Waals surface area contributed by atoms with E-state index in [1.54, 1.807) is 12.1 Å². The zero-order valence-electron chi connectivity index (χ0n) is 7.63. The predicted octanol–water partition coefficient (Wildman–Crippen LogP) is 2.50. The second kappa shape index (κ2) is 5.20. The Morgan fingerprint density at radius 1 is 1.38 bits per heavy atom. The molecule has 0 aromatic heterocycles. The Bertz CT molecular complexity index is 265. The number of benzene rings is 1. The van der Waals surface area contributed by atoms with Crippen molar-refractivity contribution in [3.63, 3.8) is 0 Å². The first kappa shape index (κ1) is 10.5. The van der Waals surface area contributed by atoms with Crippen LogP contribution in [0.3, 0.4) is 0 Å². The molecular formula is C10H13ClFN. The van der Waals surface area contributed by atoms with E-state index in [0.717, 1.165) is 12.1 Å². The zero-order valence-corrected chi connectivity index (χ0v) is 8.39. The lowest BCUT2D eigenvalue weighted by Gasteiger charge is -2.12. The van der Waals surface area contributed by atoms with Crippen LogP contribution in [-0.2, 0) is 6.42 Å². The highest BCUT2D eigenvalue weighted by Gasteiger charge is 2.01. The summed E-state index contributed by atoms with van der Waals surface area (Å²) in [5.41, 5.74) is 0.750. The lowest BCUT2D eigenvalue weighted by Crippen LogP contribution is -2.19. The Labute approximate surface area is 83.1 Å². The number of hydrogen-bond acceptors (Lipinski definition) is 1. The lowest BCUT2D eigenvalue weighted by molar-refractivity contribution is 0.391. The van der Waals surface area contributed by atoms with Crippen molar-refractivity contribution in [1.29, 1.82) is 0 Å². The fourth-order valence-electron chi connectivity index (χ4n) is 1.07. The molecule has 0 atom stereocenters. The van der Waals surface area contributed by atoms with Gasteiger partial charge in [-0.25, -0.2) is 4.39 Å². The minimum Gasteiger partial charge on any atom is -0.293 e. The molecule has 0 saturated heterocycles. The molecule has 1 aromatic carbocycles. The van der Waals surface area contributed by atoms with Crippen molar-refractivity contribution in [3.05, 3.63) is 35.6 Å². The largest absolute Gasteiger partial charge is 0.293 e. The molecule has 0 aliphatic carbocycles. The Morgan fingerprint density at radius 2 is 2.08 bits per heavy atom. The molecule has 0 fully saturated rings. The monoisotopic (exact) mass is 201 g/mol. The zero-order chi connectivity index (χ0) is 9.68. The maximum absolute atomic E-state index is 13.1. The second-order valence-corrected chi connectivity index (χ2v) is 3.28. The van der Waals surface area contributed by atoms with Crippen molar-refractivity contribution in [1.82, 2.24) is 4.90 Å². The standard InChI is InChI=1S/C10H13ClFN/c1-13(8-11)7-6-9-4-2-3-5-10(9)12/h2-5H,6-8H2,1H3. The molecule has 0 radical (unpaired) electrons. The van der Waals surface area contributed by atoms with Gasteiger partial charge in [0.05, 0.1) is 6.00 Å². The highest BCUT2D eigenvalue weighted by molar-refractivity contribution is 6.17. The van der Waals surface area contributed by atoms with Gasteiger partial charge in [0.15, 0.2) is 0 Å². The van der Waals surface area contributed by atoms with Crippen molar-refractivity contribution >= 4 is 11.6 Å². The minimum absolute atomic E-state index is 0.134. The van der Waals surface area contributed by atoms with Crippen molar-refractivity contribution in [3.8, 4) is 0 Å². The van der Waals surface area contributed by atoms with Crippen molar-refractivity contribution < 1.29 is 4.39 Å². The smallest absolute Gasteiger partial charge is 0.126 e. The fourth-order valence-corrected chi connectivity index (χ4v) is 1.19. The van der Waals surface area contributed by atoms with Crippen LogP contribution in [0.1, 0.15) is 5.56 Å². The fraction of sp³-hybridized carbons (Fsp3) is 0.400. The maximum Gasteiger partial charge on any atom is 0.126 e. The van der Waals surface area contributed by atoms with E-state index in [9.17, 15) is 4.39 Å². The maximum atomic E-state index is 13.1. The molecule has 0 bridgehead atoms. The van der Waals surface area contributed by atoms with E-state index in [2.05, 4.69) is 0 Å². The Balaban J connectivity index is 2.50. The average molecular weight is 202 g/mol. The molecule has 0 aliphatic heterocycles. The van der Waals surface area contributed by atoms with Crippen molar-refractivity contribution in [2.24, 2.45) is 0 Å². The summed E-state index contributed by atoms with van der Waals surface area (Å²) in [4.78, 5) is 1.94. The Kier molecular flexibility index (Phi) is 4.19. The van der Waals surface area contributed by atoms with E-state index in [-0.39, 0.29) is 5.82 Å². The van der Waals surface area contributed by atoms with Gasteiger partial charge >= 0.3 is 0 Å². The SMILES string of the molecule is CN(CCl)CCc1ccccc1F. The number of hydrogen-bond donors (Lipinski definition) is 0. The van der Waals surface area contributed by atoms with E-state index in [1.807, 2.05) is 18.0 Å². The third kappa shape index (κ3) is 3.33. The molecule has 1 nitrogen and oxygen atoms in total. The highest BCUT2D eigenvalue weighted by Crippen LogP contribution is 2.07. The number of rotatable bonds is 4. The Morgan fingerprint density at radius 3 is 2.69 bits per heavy atom. The van der Waals surface area contributed by atoms with Gasteiger partial charge in [-0.1, -0.05) is 18.2 Å². The van der Waals surface area contributed by atoms with Crippen LogP contribution >= 0.6 is 11.6 Å². The third-order valence-electron chi connectivity index (χ3n) is 1.92. The lowest BCUT2D eigenvalue weighted by atomic mass is 10.1. The molecule has 0 unspecified atom stereocenters. The predicted molar refractivity (Wildman–Crippen MR) is 53.5 cm³/mol. The van der Waals surface area contributed by atoms with Crippen LogP contribution in [0.15, 0.2) is 24.3 Å². The second-order valence-electron chi connectivity index (χ2n) is 3.04. The Hall–Kier alpha value is -0.600. The summed E-state index contributed by atoms with van der Waals surface area (Å²) in [5.74, 6) is -0.134. The van der Waals surface area contributed by atoms with E-state index in [4.69, 9.17) is 11.6 Å². The number of alkyl halides is 1. The molecule has 72 valence electrons. The van der Waals surface area contributed by atoms with Gasteiger partial charge in [0.25, 0.3) is 0 Å². The molecule has 1 rings (SSSR count). The van der Waals surface area contributed by atoms with Crippen LogP contribution in [-0.4, -0.2) is 24.5 Å².